The number of aliphatic carboxylic acids is 1. The lowest BCUT2D eigenvalue weighted by Gasteiger charge is -2.18. The van der Waals surface area contributed by atoms with Crippen molar-refractivity contribution in [2.24, 2.45) is 0 Å². The summed E-state index contributed by atoms with van der Waals surface area (Å²) in [5.74, 6) is -0.459. The Labute approximate surface area is 170 Å². The van der Waals surface area contributed by atoms with Gasteiger partial charge in [0.1, 0.15) is 11.9 Å². The maximum atomic E-state index is 10.6. The second kappa shape index (κ2) is 10.7. The van der Waals surface area contributed by atoms with Crippen LogP contribution >= 0.6 is 0 Å². The number of ether oxygens (including phenoxy) is 1. The van der Waals surface area contributed by atoms with E-state index in [0.29, 0.717) is 12.2 Å². The normalized spacial score (nSPS) is 10.9. The molecule has 29 heavy (non-hydrogen) atoms. The molecule has 3 aromatic rings. The lowest BCUT2D eigenvalue weighted by atomic mass is 10.0. The van der Waals surface area contributed by atoms with Crippen LogP contribution in [0.3, 0.4) is 0 Å². The van der Waals surface area contributed by atoms with Crippen LogP contribution in [0.15, 0.2) is 97.2 Å². The number of allylic oxidation sites excluding steroid dienone is 1. The molecule has 0 spiro atoms. The van der Waals surface area contributed by atoms with Crippen molar-refractivity contribution in [3.8, 4) is 5.75 Å². The van der Waals surface area contributed by atoms with Crippen LogP contribution in [0.25, 0.3) is 0 Å². The van der Waals surface area contributed by atoms with Crippen molar-refractivity contribution in [2.45, 2.75) is 12.5 Å². The van der Waals surface area contributed by atoms with Crippen molar-refractivity contribution in [3.63, 3.8) is 0 Å². The number of hydroxylamine groups is 1. The standard InChI is InChI=1S/C24H23NO4/c26-23(27)18-28-22-15-7-9-19(17-22)10-8-16-25-29-24(20-11-3-1-4-12-20)21-13-5-2-6-14-21/h1-9,11-17,24-25H,10,18H2,(H,26,27). The predicted molar refractivity (Wildman–Crippen MR) is 111 cm³/mol. The number of nitrogens with one attached hydrogen (secondary N) is 1. The minimum Gasteiger partial charge on any atom is -0.482 e. The van der Waals surface area contributed by atoms with Crippen molar-refractivity contribution in [3.05, 3.63) is 114 Å². The van der Waals surface area contributed by atoms with Crippen LogP contribution < -0.4 is 10.2 Å². The SMILES string of the molecule is O=C(O)COc1cccc(CC=CNOC(c2ccccc2)c2ccccc2)c1. The Kier molecular flexibility index (Phi) is 7.43. The molecule has 0 saturated carbocycles. The van der Waals surface area contributed by atoms with E-state index >= 15 is 0 Å². The van der Waals surface area contributed by atoms with Crippen molar-refractivity contribution in [1.82, 2.24) is 5.48 Å². The number of carboxylic acid groups (broad SMARTS) is 1. The Bertz CT molecular complexity index is 886. The Morgan fingerprint density at radius 3 is 2.21 bits per heavy atom. The van der Waals surface area contributed by atoms with Gasteiger partial charge in [0.15, 0.2) is 6.61 Å². The van der Waals surface area contributed by atoms with Gasteiger partial charge >= 0.3 is 5.97 Å². The minimum absolute atomic E-state index is 0.227. The lowest BCUT2D eigenvalue weighted by Crippen LogP contribution is -2.14. The average molecular weight is 389 g/mol. The average Bonchev–Trinajstić information content (AvgIpc) is 2.76. The third kappa shape index (κ3) is 6.52. The summed E-state index contributed by atoms with van der Waals surface area (Å²) < 4.78 is 5.20. The molecule has 0 aromatic heterocycles. The van der Waals surface area contributed by atoms with Crippen molar-refractivity contribution >= 4 is 5.97 Å². The minimum atomic E-state index is -0.997. The highest BCUT2D eigenvalue weighted by Crippen LogP contribution is 2.24. The molecule has 0 heterocycles. The van der Waals surface area contributed by atoms with E-state index in [4.69, 9.17) is 14.7 Å². The molecule has 0 radical (unpaired) electrons. The molecule has 5 nitrogen and oxygen atoms in total. The zero-order valence-corrected chi connectivity index (χ0v) is 15.9. The first-order valence-electron chi connectivity index (χ1n) is 9.32. The van der Waals surface area contributed by atoms with Crippen LogP contribution in [-0.4, -0.2) is 17.7 Å². The monoisotopic (exact) mass is 389 g/mol. The topological polar surface area (TPSA) is 67.8 Å². The largest absolute Gasteiger partial charge is 0.482 e. The van der Waals surface area contributed by atoms with E-state index in [1.807, 2.05) is 84.9 Å². The summed E-state index contributed by atoms with van der Waals surface area (Å²) in [5, 5.41) is 8.70. The van der Waals surface area contributed by atoms with Gasteiger partial charge in [-0.3, -0.25) is 10.3 Å². The van der Waals surface area contributed by atoms with Gasteiger partial charge in [-0.25, -0.2) is 4.79 Å². The number of carbonyl (C=O) groups is 1. The molecule has 3 rings (SSSR count). The summed E-state index contributed by atoms with van der Waals surface area (Å²) in [6.45, 7) is -0.352. The van der Waals surface area contributed by atoms with Crippen LogP contribution in [0, 0.1) is 0 Å². The molecule has 0 aliphatic rings. The van der Waals surface area contributed by atoms with Gasteiger partial charge in [0, 0.05) is 6.20 Å². The van der Waals surface area contributed by atoms with Crippen molar-refractivity contribution in [1.29, 1.82) is 0 Å². The predicted octanol–water partition coefficient (Wildman–Crippen LogP) is 4.52. The maximum Gasteiger partial charge on any atom is 0.341 e. The van der Waals surface area contributed by atoms with Gasteiger partial charge < -0.3 is 9.84 Å². The summed E-state index contributed by atoms with van der Waals surface area (Å²) in [5.41, 5.74) is 6.04. The molecule has 0 fully saturated rings. The number of benzene rings is 3. The van der Waals surface area contributed by atoms with Crippen molar-refractivity contribution < 1.29 is 19.5 Å². The van der Waals surface area contributed by atoms with E-state index in [2.05, 4.69) is 5.48 Å². The molecule has 148 valence electrons. The highest BCUT2D eigenvalue weighted by molar-refractivity contribution is 5.68. The highest BCUT2D eigenvalue weighted by Gasteiger charge is 2.14. The zero-order valence-electron chi connectivity index (χ0n) is 15.9. The first-order valence-corrected chi connectivity index (χ1v) is 9.32. The third-order valence-corrected chi connectivity index (χ3v) is 4.19. The fourth-order valence-electron chi connectivity index (χ4n) is 2.84. The van der Waals surface area contributed by atoms with Crippen LogP contribution in [0.2, 0.25) is 0 Å². The Morgan fingerprint density at radius 1 is 0.931 bits per heavy atom. The van der Waals surface area contributed by atoms with Crippen LogP contribution in [-0.2, 0) is 16.1 Å². The second-order valence-electron chi connectivity index (χ2n) is 6.37. The van der Waals surface area contributed by atoms with Crippen LogP contribution in [0.4, 0.5) is 0 Å². The number of rotatable bonds is 10. The fraction of sp³-hybridized carbons (Fsp3) is 0.125. The molecule has 0 amide bonds. The number of hydrogen-bond donors (Lipinski definition) is 2. The first-order chi connectivity index (χ1) is 14.2. The summed E-state index contributed by atoms with van der Waals surface area (Å²) in [7, 11) is 0. The van der Waals surface area contributed by atoms with Crippen LogP contribution in [0.1, 0.15) is 22.8 Å². The smallest absolute Gasteiger partial charge is 0.341 e. The molecule has 0 unspecified atom stereocenters. The summed E-state index contributed by atoms with van der Waals surface area (Å²) in [6, 6.07) is 27.4. The van der Waals surface area contributed by atoms with Gasteiger partial charge in [0.2, 0.25) is 0 Å². The Morgan fingerprint density at radius 2 is 1.59 bits per heavy atom. The quantitative estimate of drug-likeness (QED) is 0.499. The molecule has 3 aromatic carbocycles. The van der Waals surface area contributed by atoms with E-state index in [1.54, 1.807) is 12.3 Å². The molecular formula is C24H23NO4. The van der Waals surface area contributed by atoms with Crippen LogP contribution in [0.5, 0.6) is 5.75 Å². The van der Waals surface area contributed by atoms with E-state index in [1.165, 1.54) is 0 Å². The molecule has 0 bridgehead atoms. The summed E-state index contributed by atoms with van der Waals surface area (Å²) >= 11 is 0. The molecule has 0 aliphatic carbocycles. The van der Waals surface area contributed by atoms with Gasteiger partial charge in [-0.15, -0.1) is 0 Å². The van der Waals surface area contributed by atoms with E-state index in [9.17, 15) is 4.79 Å². The van der Waals surface area contributed by atoms with Gasteiger partial charge in [0.05, 0.1) is 0 Å². The molecule has 0 atom stereocenters. The second-order valence-corrected chi connectivity index (χ2v) is 6.37. The molecule has 0 aliphatic heterocycles. The van der Waals surface area contributed by atoms with Gasteiger partial charge in [-0.05, 0) is 35.2 Å². The summed E-state index contributed by atoms with van der Waals surface area (Å²) in [4.78, 5) is 16.5. The van der Waals surface area contributed by atoms with E-state index in [-0.39, 0.29) is 12.7 Å². The number of carboxylic acids is 1. The van der Waals surface area contributed by atoms with Crippen molar-refractivity contribution in [2.75, 3.05) is 6.61 Å². The maximum absolute atomic E-state index is 10.6. The third-order valence-electron chi connectivity index (χ3n) is 4.19. The highest BCUT2D eigenvalue weighted by atomic mass is 16.7. The first kappa shape index (κ1) is 20.2. The summed E-state index contributed by atoms with van der Waals surface area (Å²) in [6.07, 6.45) is 4.12. The van der Waals surface area contributed by atoms with Gasteiger partial charge in [-0.1, -0.05) is 78.9 Å². The molecular weight excluding hydrogens is 366 g/mol. The molecule has 5 heteroatoms. The number of hydrogen-bond acceptors (Lipinski definition) is 4. The fourth-order valence-corrected chi connectivity index (χ4v) is 2.84. The Hall–Kier alpha value is -3.57. The van der Waals surface area contributed by atoms with Gasteiger partial charge in [0.25, 0.3) is 0 Å². The van der Waals surface area contributed by atoms with Gasteiger partial charge in [-0.2, -0.15) is 0 Å². The molecule has 0 saturated heterocycles. The Balaban J connectivity index is 1.57. The van der Waals surface area contributed by atoms with E-state index in [0.717, 1.165) is 16.7 Å². The zero-order chi connectivity index (χ0) is 20.3. The lowest BCUT2D eigenvalue weighted by molar-refractivity contribution is -0.139. The molecule has 2 N–H and O–H groups in total. The van der Waals surface area contributed by atoms with E-state index < -0.39 is 5.97 Å².